The summed E-state index contributed by atoms with van der Waals surface area (Å²) in [5.74, 6) is -1.60. The fourth-order valence-electron chi connectivity index (χ4n) is 3.38. The van der Waals surface area contributed by atoms with Gasteiger partial charge in [-0.2, -0.15) is 0 Å². The van der Waals surface area contributed by atoms with Crippen molar-refractivity contribution in [1.29, 1.82) is 0 Å². The first-order valence-corrected chi connectivity index (χ1v) is 9.74. The molecule has 1 heterocycles. The number of hydrogen-bond donors (Lipinski definition) is 1. The number of amides is 1. The molecule has 30 heavy (non-hydrogen) atoms. The molecule has 0 saturated carbocycles. The molecule has 1 saturated heterocycles. The average molecular weight is 413 g/mol. The van der Waals surface area contributed by atoms with E-state index in [4.69, 9.17) is 9.47 Å². The highest BCUT2D eigenvalue weighted by Crippen LogP contribution is 2.39. The number of nitrogens with zero attached hydrogens (tertiary/aromatic N) is 1. The smallest absolute Gasteiger partial charge is 0.295 e. The summed E-state index contributed by atoms with van der Waals surface area (Å²) in [5, 5.41) is 10.9. The summed E-state index contributed by atoms with van der Waals surface area (Å²) in [6.45, 7) is 2.94. The number of ketones is 1. The summed E-state index contributed by atoms with van der Waals surface area (Å²) < 4.78 is 24.0. The second-order valence-electron chi connectivity index (χ2n) is 6.91. The van der Waals surface area contributed by atoms with E-state index >= 15 is 0 Å². The molecule has 0 aromatic heterocycles. The fraction of sp³-hybridized carbons (Fsp3) is 0.304. The van der Waals surface area contributed by atoms with E-state index < -0.39 is 23.5 Å². The van der Waals surface area contributed by atoms with Crippen molar-refractivity contribution in [1.82, 2.24) is 4.90 Å². The van der Waals surface area contributed by atoms with Crippen molar-refractivity contribution in [3.05, 3.63) is 71.0 Å². The van der Waals surface area contributed by atoms with Crippen molar-refractivity contribution in [3.63, 3.8) is 0 Å². The van der Waals surface area contributed by atoms with Gasteiger partial charge in [0.15, 0.2) is 0 Å². The van der Waals surface area contributed by atoms with Crippen molar-refractivity contribution in [2.24, 2.45) is 0 Å². The normalized spacial score (nSPS) is 18.1. The topological polar surface area (TPSA) is 76.1 Å². The van der Waals surface area contributed by atoms with Gasteiger partial charge in [0.25, 0.3) is 11.7 Å². The van der Waals surface area contributed by atoms with Gasteiger partial charge in [0, 0.05) is 19.2 Å². The van der Waals surface area contributed by atoms with E-state index in [1.54, 1.807) is 24.3 Å². The van der Waals surface area contributed by atoms with E-state index in [9.17, 15) is 19.1 Å². The van der Waals surface area contributed by atoms with E-state index in [1.165, 1.54) is 36.3 Å². The van der Waals surface area contributed by atoms with Crippen molar-refractivity contribution >= 4 is 17.4 Å². The van der Waals surface area contributed by atoms with Crippen LogP contribution in [-0.2, 0) is 14.3 Å². The van der Waals surface area contributed by atoms with Crippen LogP contribution in [0.1, 0.15) is 30.5 Å². The lowest BCUT2D eigenvalue weighted by Gasteiger charge is -2.25. The Labute approximate surface area is 174 Å². The van der Waals surface area contributed by atoms with Gasteiger partial charge in [0.1, 0.15) is 17.3 Å². The molecular weight excluding hydrogens is 389 g/mol. The Morgan fingerprint density at radius 3 is 2.33 bits per heavy atom. The lowest BCUT2D eigenvalue weighted by atomic mass is 9.95. The minimum absolute atomic E-state index is 0.0371. The van der Waals surface area contributed by atoms with Crippen molar-refractivity contribution in [2.45, 2.75) is 19.4 Å². The molecule has 158 valence electrons. The molecule has 7 heteroatoms. The third kappa shape index (κ3) is 4.36. The van der Waals surface area contributed by atoms with E-state index in [1.807, 2.05) is 6.92 Å². The maximum absolute atomic E-state index is 13.4. The maximum atomic E-state index is 13.4. The largest absolute Gasteiger partial charge is 0.507 e. The molecule has 0 aliphatic carbocycles. The predicted octanol–water partition coefficient (Wildman–Crippen LogP) is 3.68. The first-order chi connectivity index (χ1) is 14.5. The summed E-state index contributed by atoms with van der Waals surface area (Å²) in [7, 11) is 1.49. The molecule has 0 radical (unpaired) electrons. The van der Waals surface area contributed by atoms with Gasteiger partial charge in [-0.3, -0.25) is 9.59 Å². The number of methoxy groups -OCH3 is 1. The lowest BCUT2D eigenvalue weighted by Crippen LogP contribution is -2.32. The first kappa shape index (κ1) is 21.5. The van der Waals surface area contributed by atoms with Gasteiger partial charge >= 0.3 is 0 Å². The van der Waals surface area contributed by atoms with Gasteiger partial charge < -0.3 is 19.5 Å². The summed E-state index contributed by atoms with van der Waals surface area (Å²) >= 11 is 0. The van der Waals surface area contributed by atoms with Crippen LogP contribution in [0.2, 0.25) is 0 Å². The Kier molecular flexibility index (Phi) is 6.84. The molecule has 2 aromatic carbocycles. The van der Waals surface area contributed by atoms with Crippen LogP contribution in [0.5, 0.6) is 5.75 Å². The number of aliphatic hydroxyl groups is 1. The molecule has 1 atom stereocenters. The number of carbonyl (C=O) groups is 2. The quantitative estimate of drug-likeness (QED) is 0.406. The third-order valence-corrected chi connectivity index (χ3v) is 4.86. The Balaban J connectivity index is 2.04. The second-order valence-corrected chi connectivity index (χ2v) is 6.91. The highest BCUT2D eigenvalue weighted by atomic mass is 19.1. The third-order valence-electron chi connectivity index (χ3n) is 4.86. The van der Waals surface area contributed by atoms with Crippen LogP contribution in [0.4, 0.5) is 4.39 Å². The van der Waals surface area contributed by atoms with Crippen molar-refractivity contribution in [3.8, 4) is 5.75 Å². The standard InChI is InChI=1S/C23H24FNO5/c1-3-13-30-18-10-6-16(7-11-18)21(26)19-20(15-4-8-17(24)9-5-15)25(12-14-29-2)23(28)22(19)27/h4-11,20,26H,3,12-14H2,1-2H3/b21-19+. The zero-order chi connectivity index (χ0) is 21.7. The van der Waals surface area contributed by atoms with Crippen LogP contribution >= 0.6 is 0 Å². The first-order valence-electron chi connectivity index (χ1n) is 9.74. The molecule has 1 aliphatic heterocycles. The van der Waals surface area contributed by atoms with Gasteiger partial charge in [-0.1, -0.05) is 19.1 Å². The molecule has 3 rings (SSSR count). The maximum Gasteiger partial charge on any atom is 0.295 e. The average Bonchev–Trinajstić information content (AvgIpc) is 3.01. The highest BCUT2D eigenvalue weighted by Gasteiger charge is 2.45. The number of aliphatic hydroxyl groups excluding tert-OH is 1. The van der Waals surface area contributed by atoms with Crippen molar-refractivity contribution in [2.75, 3.05) is 26.9 Å². The number of rotatable bonds is 8. The Morgan fingerprint density at radius 2 is 1.73 bits per heavy atom. The number of benzene rings is 2. The zero-order valence-corrected chi connectivity index (χ0v) is 16.9. The minimum atomic E-state index is -0.836. The highest BCUT2D eigenvalue weighted by molar-refractivity contribution is 6.46. The SMILES string of the molecule is CCCOc1ccc(/C(O)=C2\C(=O)C(=O)N(CCOC)C2c2ccc(F)cc2)cc1. The molecule has 0 bridgehead atoms. The van der Waals surface area contributed by atoms with Crippen molar-refractivity contribution < 1.29 is 28.6 Å². The minimum Gasteiger partial charge on any atom is -0.507 e. The van der Waals surface area contributed by atoms with E-state index in [0.29, 0.717) is 23.5 Å². The molecule has 6 nitrogen and oxygen atoms in total. The summed E-state index contributed by atoms with van der Waals surface area (Å²) in [5.41, 5.74) is 0.872. The van der Waals surface area contributed by atoms with Crippen LogP contribution in [-0.4, -0.2) is 48.6 Å². The van der Waals surface area contributed by atoms with E-state index in [-0.39, 0.29) is 24.5 Å². The molecule has 1 N–H and O–H groups in total. The number of ether oxygens (including phenoxy) is 2. The Hall–Kier alpha value is -3.19. The fourth-order valence-corrected chi connectivity index (χ4v) is 3.38. The van der Waals surface area contributed by atoms with Crippen LogP contribution in [0.25, 0.3) is 5.76 Å². The molecule has 0 spiro atoms. The van der Waals surface area contributed by atoms with E-state index in [2.05, 4.69) is 0 Å². The van der Waals surface area contributed by atoms with Gasteiger partial charge in [-0.25, -0.2) is 4.39 Å². The summed E-state index contributed by atoms with van der Waals surface area (Å²) in [6.07, 6.45) is 0.865. The number of hydrogen-bond acceptors (Lipinski definition) is 5. The molecule has 1 unspecified atom stereocenters. The molecule has 1 aliphatic rings. The van der Waals surface area contributed by atoms with E-state index in [0.717, 1.165) is 6.42 Å². The van der Waals surface area contributed by atoms with Crippen LogP contribution in [0.3, 0.4) is 0 Å². The Bertz CT molecular complexity index is 937. The number of likely N-dealkylation sites (tertiary alicyclic amines) is 1. The Morgan fingerprint density at radius 1 is 1.07 bits per heavy atom. The molecular formula is C23H24FNO5. The monoisotopic (exact) mass is 413 g/mol. The van der Waals surface area contributed by atoms with Gasteiger partial charge in [-0.05, 0) is 48.4 Å². The van der Waals surface area contributed by atoms with Gasteiger partial charge in [0.05, 0.1) is 24.8 Å². The van der Waals surface area contributed by atoms with Crippen LogP contribution in [0, 0.1) is 5.82 Å². The number of Topliss-reactive ketones (excluding diaryl/α,β-unsaturated/α-hetero) is 1. The molecule has 1 fully saturated rings. The summed E-state index contributed by atoms with van der Waals surface area (Å²) in [4.78, 5) is 26.8. The van der Waals surface area contributed by atoms with Gasteiger partial charge in [0.2, 0.25) is 0 Å². The molecule has 2 aromatic rings. The van der Waals surface area contributed by atoms with Crippen LogP contribution in [0.15, 0.2) is 54.1 Å². The van der Waals surface area contributed by atoms with Gasteiger partial charge in [-0.15, -0.1) is 0 Å². The summed E-state index contributed by atoms with van der Waals surface area (Å²) in [6, 6.07) is 11.3. The predicted molar refractivity (Wildman–Crippen MR) is 110 cm³/mol. The zero-order valence-electron chi connectivity index (χ0n) is 16.9. The number of halogens is 1. The number of carbonyl (C=O) groups excluding carboxylic acids is 2. The van der Waals surface area contributed by atoms with Crippen LogP contribution < -0.4 is 4.74 Å². The second kappa shape index (κ2) is 9.54. The lowest BCUT2D eigenvalue weighted by molar-refractivity contribution is -0.140. The molecule has 1 amide bonds.